The fraction of sp³-hybridized carbons (Fsp3) is 0.417. The van der Waals surface area contributed by atoms with E-state index < -0.39 is 0 Å². The minimum atomic E-state index is -0.0726. The summed E-state index contributed by atoms with van der Waals surface area (Å²) in [6.45, 7) is 4.71. The van der Waals surface area contributed by atoms with Crippen molar-refractivity contribution in [2.24, 2.45) is 0 Å². The molecule has 1 amide bonds. The Bertz CT molecular complexity index is 391. The second kappa shape index (κ2) is 6.08. The number of methoxy groups -OCH3 is 1. The van der Waals surface area contributed by atoms with Crippen LogP contribution in [0.2, 0.25) is 0 Å². The summed E-state index contributed by atoms with van der Waals surface area (Å²) in [4.78, 5) is 11.9. The molecule has 4 heteroatoms. The van der Waals surface area contributed by atoms with Gasteiger partial charge in [0, 0.05) is 10.1 Å². The number of carbonyl (C=O) groups excluding carboxylic acids is 1. The summed E-state index contributed by atoms with van der Waals surface area (Å²) in [7, 11) is 1.58. The number of rotatable bonds is 4. The minimum absolute atomic E-state index is 0.0726. The van der Waals surface area contributed by atoms with Gasteiger partial charge in [-0.05, 0) is 53.6 Å². The quantitative estimate of drug-likeness (QED) is 0.861. The van der Waals surface area contributed by atoms with E-state index in [9.17, 15) is 4.79 Å². The fourth-order valence-corrected chi connectivity index (χ4v) is 1.80. The van der Waals surface area contributed by atoms with Gasteiger partial charge in [-0.15, -0.1) is 0 Å². The number of amides is 1. The molecule has 1 rings (SSSR count). The van der Waals surface area contributed by atoms with Crippen LogP contribution in [0.1, 0.15) is 29.3 Å². The average molecular weight is 333 g/mol. The zero-order valence-corrected chi connectivity index (χ0v) is 11.9. The molecular formula is C12H16INO2. The van der Waals surface area contributed by atoms with Crippen LogP contribution in [0, 0.1) is 10.5 Å². The number of halogens is 1. The van der Waals surface area contributed by atoms with Gasteiger partial charge in [-0.3, -0.25) is 4.79 Å². The first-order valence-electron chi connectivity index (χ1n) is 5.22. The molecule has 0 saturated carbocycles. The van der Waals surface area contributed by atoms with E-state index in [2.05, 4.69) is 27.9 Å². The maximum Gasteiger partial charge on any atom is 0.255 e. The summed E-state index contributed by atoms with van der Waals surface area (Å²) in [6, 6.07) is 3.75. The highest BCUT2D eigenvalue weighted by Gasteiger charge is 2.13. The molecule has 0 radical (unpaired) electrons. The number of hydrogen-bond donors (Lipinski definition) is 1. The maximum atomic E-state index is 11.9. The Kier molecular flexibility index (Phi) is 5.05. The molecule has 1 N–H and O–H groups in total. The summed E-state index contributed by atoms with van der Waals surface area (Å²) in [6.07, 6.45) is 0.928. The van der Waals surface area contributed by atoms with Crippen LogP contribution in [-0.4, -0.2) is 19.6 Å². The van der Waals surface area contributed by atoms with E-state index in [0.717, 1.165) is 15.6 Å². The van der Waals surface area contributed by atoms with Gasteiger partial charge < -0.3 is 10.1 Å². The highest BCUT2D eigenvalue weighted by atomic mass is 127. The second-order valence-electron chi connectivity index (χ2n) is 3.56. The summed E-state index contributed by atoms with van der Waals surface area (Å²) >= 11 is 2.22. The van der Waals surface area contributed by atoms with Gasteiger partial charge in [0.05, 0.1) is 12.7 Å². The Balaban J connectivity index is 3.02. The molecule has 1 aromatic carbocycles. The Morgan fingerprint density at radius 1 is 1.50 bits per heavy atom. The molecule has 1 aromatic rings. The first-order chi connectivity index (χ1) is 7.60. The Hall–Kier alpha value is -0.780. The molecule has 0 aliphatic rings. The van der Waals surface area contributed by atoms with E-state index in [1.807, 2.05) is 26.0 Å². The number of nitrogens with one attached hydrogen (secondary N) is 1. The largest absolute Gasteiger partial charge is 0.496 e. The van der Waals surface area contributed by atoms with Crippen molar-refractivity contribution in [1.82, 2.24) is 5.32 Å². The lowest BCUT2D eigenvalue weighted by Crippen LogP contribution is -2.24. The average Bonchev–Trinajstić information content (AvgIpc) is 2.28. The third-order valence-electron chi connectivity index (χ3n) is 2.26. The molecular weight excluding hydrogens is 317 g/mol. The fourth-order valence-electron chi connectivity index (χ4n) is 1.34. The Labute approximate surface area is 110 Å². The summed E-state index contributed by atoms with van der Waals surface area (Å²) in [5, 5.41) is 2.85. The van der Waals surface area contributed by atoms with Gasteiger partial charge in [-0.2, -0.15) is 0 Å². The normalized spacial score (nSPS) is 10.0. The lowest BCUT2D eigenvalue weighted by atomic mass is 10.1. The number of hydrogen-bond acceptors (Lipinski definition) is 2. The minimum Gasteiger partial charge on any atom is -0.496 e. The maximum absolute atomic E-state index is 11.9. The van der Waals surface area contributed by atoms with Gasteiger partial charge >= 0.3 is 0 Å². The smallest absolute Gasteiger partial charge is 0.255 e. The van der Waals surface area contributed by atoms with Crippen molar-refractivity contribution < 1.29 is 9.53 Å². The second-order valence-corrected chi connectivity index (χ2v) is 4.72. The highest BCUT2D eigenvalue weighted by Crippen LogP contribution is 2.24. The van der Waals surface area contributed by atoms with Crippen molar-refractivity contribution in [3.05, 3.63) is 26.8 Å². The molecule has 0 bridgehead atoms. The molecule has 16 heavy (non-hydrogen) atoms. The summed E-state index contributed by atoms with van der Waals surface area (Å²) in [5.74, 6) is 0.558. The highest BCUT2D eigenvalue weighted by molar-refractivity contribution is 14.1. The topological polar surface area (TPSA) is 38.3 Å². The summed E-state index contributed by atoms with van der Waals surface area (Å²) in [5.41, 5.74) is 1.72. The lowest BCUT2D eigenvalue weighted by molar-refractivity contribution is 0.0950. The van der Waals surface area contributed by atoms with Gasteiger partial charge in [0.25, 0.3) is 5.91 Å². The van der Waals surface area contributed by atoms with Gasteiger partial charge in [-0.25, -0.2) is 0 Å². The van der Waals surface area contributed by atoms with Gasteiger partial charge in [0.1, 0.15) is 5.75 Å². The molecule has 0 heterocycles. The molecule has 0 fully saturated rings. The number of aryl methyl sites for hydroxylation is 1. The van der Waals surface area contributed by atoms with E-state index in [4.69, 9.17) is 4.74 Å². The van der Waals surface area contributed by atoms with Crippen molar-refractivity contribution in [2.75, 3.05) is 13.7 Å². The van der Waals surface area contributed by atoms with Crippen LogP contribution < -0.4 is 10.1 Å². The van der Waals surface area contributed by atoms with Crippen molar-refractivity contribution in [2.45, 2.75) is 20.3 Å². The van der Waals surface area contributed by atoms with Crippen LogP contribution >= 0.6 is 22.6 Å². The molecule has 3 nitrogen and oxygen atoms in total. The number of carbonyl (C=O) groups is 1. The molecule has 0 spiro atoms. The third kappa shape index (κ3) is 3.10. The zero-order chi connectivity index (χ0) is 12.1. The van der Waals surface area contributed by atoms with Crippen molar-refractivity contribution in [3.63, 3.8) is 0 Å². The monoisotopic (exact) mass is 333 g/mol. The van der Waals surface area contributed by atoms with E-state index in [1.54, 1.807) is 7.11 Å². The predicted molar refractivity (Wildman–Crippen MR) is 73.1 cm³/mol. The van der Waals surface area contributed by atoms with Crippen LogP contribution in [0.3, 0.4) is 0 Å². The van der Waals surface area contributed by atoms with Crippen LogP contribution in [0.5, 0.6) is 5.75 Å². The first kappa shape index (κ1) is 13.3. The predicted octanol–water partition coefficient (Wildman–Crippen LogP) is 2.75. The van der Waals surface area contributed by atoms with Gasteiger partial charge in [-0.1, -0.05) is 6.92 Å². The Morgan fingerprint density at radius 2 is 2.19 bits per heavy atom. The van der Waals surface area contributed by atoms with Crippen molar-refractivity contribution in [3.8, 4) is 5.75 Å². The molecule has 0 aliphatic heterocycles. The molecule has 0 aliphatic carbocycles. The molecule has 0 atom stereocenters. The first-order valence-corrected chi connectivity index (χ1v) is 6.30. The van der Waals surface area contributed by atoms with Gasteiger partial charge in [0.2, 0.25) is 0 Å². The lowest BCUT2D eigenvalue weighted by Gasteiger charge is -2.11. The van der Waals surface area contributed by atoms with E-state index in [0.29, 0.717) is 17.9 Å². The zero-order valence-electron chi connectivity index (χ0n) is 9.76. The SMILES string of the molecule is CCCNC(=O)c1cc(I)c(C)cc1OC. The van der Waals surface area contributed by atoms with Gasteiger partial charge in [0.15, 0.2) is 0 Å². The van der Waals surface area contributed by atoms with Crippen molar-refractivity contribution in [1.29, 1.82) is 0 Å². The molecule has 88 valence electrons. The molecule has 0 aromatic heterocycles. The third-order valence-corrected chi connectivity index (χ3v) is 3.42. The van der Waals surface area contributed by atoms with Crippen LogP contribution in [0.25, 0.3) is 0 Å². The standard InChI is InChI=1S/C12H16INO2/c1-4-5-14-12(15)9-7-10(13)8(2)6-11(9)16-3/h6-7H,4-5H2,1-3H3,(H,14,15). The summed E-state index contributed by atoms with van der Waals surface area (Å²) < 4.78 is 6.29. The van der Waals surface area contributed by atoms with Crippen molar-refractivity contribution >= 4 is 28.5 Å². The van der Waals surface area contributed by atoms with Crippen LogP contribution in [0.4, 0.5) is 0 Å². The van der Waals surface area contributed by atoms with E-state index in [-0.39, 0.29) is 5.91 Å². The molecule has 0 unspecified atom stereocenters. The molecule has 0 saturated heterocycles. The number of ether oxygens (including phenoxy) is 1. The number of benzene rings is 1. The van der Waals surface area contributed by atoms with E-state index >= 15 is 0 Å². The van der Waals surface area contributed by atoms with Crippen LogP contribution in [0.15, 0.2) is 12.1 Å². The van der Waals surface area contributed by atoms with Crippen LogP contribution in [-0.2, 0) is 0 Å². The Morgan fingerprint density at radius 3 is 2.75 bits per heavy atom. The van der Waals surface area contributed by atoms with E-state index in [1.165, 1.54) is 0 Å².